The molecular weight excluding hydrogens is 198 g/mol. The van der Waals surface area contributed by atoms with E-state index in [2.05, 4.69) is 6.58 Å². The number of ketones is 2. The maximum absolute atomic E-state index is 10.6. The van der Waals surface area contributed by atoms with E-state index >= 15 is 0 Å². The summed E-state index contributed by atoms with van der Waals surface area (Å²) in [6.07, 6.45) is 0.796. The van der Waals surface area contributed by atoms with Crippen molar-refractivity contribution >= 4 is 46.4 Å². The number of hydrogen-bond donors (Lipinski definition) is 0. The molecule has 0 aliphatic carbocycles. The average Bonchev–Trinajstić information content (AvgIpc) is 1.83. The van der Waals surface area contributed by atoms with Crippen molar-refractivity contribution in [2.45, 2.75) is 3.79 Å². The van der Waals surface area contributed by atoms with Gasteiger partial charge in [0.15, 0.2) is 0 Å². The molecule has 0 amide bonds. The quantitative estimate of drug-likeness (QED) is 0.387. The third-order valence-electron chi connectivity index (χ3n) is 0.667. The second kappa shape index (κ2) is 3.37. The van der Waals surface area contributed by atoms with Gasteiger partial charge in [-0.2, -0.15) is 0 Å². The minimum Gasteiger partial charge on any atom is -0.286 e. The molecule has 0 unspecified atom stereocenters. The van der Waals surface area contributed by atoms with Crippen LogP contribution in [0.1, 0.15) is 0 Å². The Morgan fingerprint density at radius 1 is 1.30 bits per heavy atom. The van der Waals surface area contributed by atoms with Gasteiger partial charge in [-0.15, -0.1) is 0 Å². The second-order valence-corrected chi connectivity index (χ2v) is 3.68. The van der Waals surface area contributed by atoms with Gasteiger partial charge in [0.25, 0.3) is 9.58 Å². The van der Waals surface area contributed by atoms with Crippen LogP contribution in [-0.4, -0.2) is 15.4 Å². The van der Waals surface area contributed by atoms with E-state index in [0.717, 1.165) is 6.08 Å². The number of alkyl halides is 3. The molecule has 0 bridgehead atoms. The van der Waals surface area contributed by atoms with E-state index in [-0.39, 0.29) is 0 Å². The van der Waals surface area contributed by atoms with Gasteiger partial charge in [0, 0.05) is 0 Å². The van der Waals surface area contributed by atoms with E-state index in [4.69, 9.17) is 34.8 Å². The predicted octanol–water partition coefficient (Wildman–Crippen LogP) is 1.68. The molecule has 0 saturated heterocycles. The van der Waals surface area contributed by atoms with Crippen molar-refractivity contribution in [3.8, 4) is 0 Å². The zero-order valence-electron chi connectivity index (χ0n) is 4.73. The van der Waals surface area contributed by atoms with Crippen molar-refractivity contribution in [1.82, 2.24) is 0 Å². The van der Waals surface area contributed by atoms with Gasteiger partial charge in [-0.25, -0.2) is 0 Å². The highest BCUT2D eigenvalue weighted by atomic mass is 35.6. The summed E-state index contributed by atoms with van der Waals surface area (Å²) in [5.41, 5.74) is 0. The molecule has 0 aromatic rings. The normalized spacial score (nSPS) is 10.7. The van der Waals surface area contributed by atoms with Crippen LogP contribution in [0.3, 0.4) is 0 Å². The van der Waals surface area contributed by atoms with Crippen molar-refractivity contribution < 1.29 is 9.59 Å². The Balaban J connectivity index is 4.38. The summed E-state index contributed by atoms with van der Waals surface area (Å²) in [5.74, 6) is -1.99. The predicted molar refractivity (Wildman–Crippen MR) is 40.5 cm³/mol. The summed E-state index contributed by atoms with van der Waals surface area (Å²) < 4.78 is -2.16. The fourth-order valence-electron chi connectivity index (χ4n) is 0.232. The van der Waals surface area contributed by atoms with Crippen LogP contribution in [0.2, 0.25) is 0 Å². The van der Waals surface area contributed by atoms with Crippen LogP contribution in [0, 0.1) is 0 Å². The second-order valence-electron chi connectivity index (χ2n) is 1.40. The van der Waals surface area contributed by atoms with Gasteiger partial charge in [-0.3, -0.25) is 9.59 Å². The number of halogens is 3. The molecule has 0 aliphatic rings. The summed E-state index contributed by atoms with van der Waals surface area (Å²) in [7, 11) is 0. The molecular formula is C5H3Cl3O2. The van der Waals surface area contributed by atoms with Crippen molar-refractivity contribution in [3.05, 3.63) is 12.7 Å². The first-order chi connectivity index (χ1) is 4.39. The summed E-state index contributed by atoms with van der Waals surface area (Å²) in [5, 5.41) is 0. The number of allylic oxidation sites excluding steroid dienone is 1. The third kappa shape index (κ3) is 2.69. The molecule has 0 heterocycles. The molecule has 0 aliphatic heterocycles. The molecule has 0 radical (unpaired) electrons. The van der Waals surface area contributed by atoms with E-state index in [1.807, 2.05) is 0 Å². The Labute approximate surface area is 72.7 Å². The smallest absolute Gasteiger partial charge is 0.256 e. The van der Waals surface area contributed by atoms with Gasteiger partial charge >= 0.3 is 0 Å². The number of Topliss-reactive ketones (excluding diaryl/α,β-unsaturated/α-hetero) is 1. The van der Waals surface area contributed by atoms with Crippen LogP contribution in [0.25, 0.3) is 0 Å². The first kappa shape index (κ1) is 9.95. The molecule has 5 heteroatoms. The summed E-state index contributed by atoms with van der Waals surface area (Å²) in [6.45, 7) is 3.05. The van der Waals surface area contributed by atoms with Crippen LogP contribution in [-0.2, 0) is 9.59 Å². The molecule has 0 aromatic heterocycles. The number of carbonyl (C=O) groups is 2. The van der Waals surface area contributed by atoms with Crippen molar-refractivity contribution in [2.24, 2.45) is 0 Å². The third-order valence-corrected chi connectivity index (χ3v) is 1.18. The SMILES string of the molecule is C=CC(=O)C(=O)C(Cl)(Cl)Cl. The van der Waals surface area contributed by atoms with E-state index in [1.54, 1.807) is 0 Å². The molecule has 0 rings (SSSR count). The summed E-state index contributed by atoms with van der Waals surface area (Å²) in [6, 6.07) is 0. The zero-order chi connectivity index (χ0) is 8.36. The van der Waals surface area contributed by atoms with Gasteiger partial charge in [0.1, 0.15) is 0 Å². The molecule has 0 atom stereocenters. The molecule has 0 aromatic carbocycles. The van der Waals surface area contributed by atoms with Crippen LogP contribution in [0.5, 0.6) is 0 Å². The fraction of sp³-hybridized carbons (Fsp3) is 0.200. The van der Waals surface area contributed by atoms with Crippen molar-refractivity contribution in [1.29, 1.82) is 0 Å². The lowest BCUT2D eigenvalue weighted by Gasteiger charge is -2.04. The average molecular weight is 201 g/mol. The van der Waals surface area contributed by atoms with Gasteiger partial charge in [0.05, 0.1) is 0 Å². The zero-order valence-corrected chi connectivity index (χ0v) is 7.00. The number of rotatable bonds is 2. The maximum atomic E-state index is 10.6. The van der Waals surface area contributed by atoms with Gasteiger partial charge < -0.3 is 0 Å². The van der Waals surface area contributed by atoms with Gasteiger partial charge in [0.2, 0.25) is 5.78 Å². The Morgan fingerprint density at radius 3 is 1.80 bits per heavy atom. The standard InChI is InChI=1S/C5H3Cl3O2/c1-2-3(9)4(10)5(6,7)8/h2H,1H2. The van der Waals surface area contributed by atoms with Crippen LogP contribution in [0.15, 0.2) is 12.7 Å². The number of carbonyl (C=O) groups excluding carboxylic acids is 2. The lowest BCUT2D eigenvalue weighted by molar-refractivity contribution is -0.133. The molecule has 10 heavy (non-hydrogen) atoms. The highest BCUT2D eigenvalue weighted by Crippen LogP contribution is 2.27. The molecule has 0 spiro atoms. The Kier molecular flexibility index (Phi) is 3.36. The van der Waals surface area contributed by atoms with Crippen LogP contribution < -0.4 is 0 Å². The lowest BCUT2D eigenvalue weighted by Crippen LogP contribution is -2.26. The first-order valence-corrected chi connectivity index (χ1v) is 3.31. The Bertz CT molecular complexity index is 180. The molecule has 0 fully saturated rings. The van der Waals surface area contributed by atoms with Gasteiger partial charge in [-0.05, 0) is 6.08 Å². The monoisotopic (exact) mass is 200 g/mol. The van der Waals surface area contributed by atoms with E-state index in [1.165, 1.54) is 0 Å². The minimum absolute atomic E-state index is 0.796. The summed E-state index contributed by atoms with van der Waals surface area (Å²) >= 11 is 15.2. The highest BCUT2D eigenvalue weighted by Gasteiger charge is 2.34. The Hall–Kier alpha value is -0.0500. The lowest BCUT2D eigenvalue weighted by atomic mass is 10.3. The fourth-order valence-corrected chi connectivity index (χ4v) is 0.512. The van der Waals surface area contributed by atoms with Gasteiger partial charge in [-0.1, -0.05) is 41.4 Å². The maximum Gasteiger partial charge on any atom is 0.256 e. The Morgan fingerprint density at radius 2 is 1.70 bits per heavy atom. The molecule has 0 saturated carbocycles. The van der Waals surface area contributed by atoms with Crippen molar-refractivity contribution in [3.63, 3.8) is 0 Å². The minimum atomic E-state index is -2.16. The van der Waals surface area contributed by atoms with Crippen LogP contribution >= 0.6 is 34.8 Å². The topological polar surface area (TPSA) is 34.1 Å². The van der Waals surface area contributed by atoms with E-state index in [9.17, 15) is 9.59 Å². The molecule has 0 N–H and O–H groups in total. The number of hydrogen-bond acceptors (Lipinski definition) is 2. The first-order valence-electron chi connectivity index (χ1n) is 2.17. The van der Waals surface area contributed by atoms with Crippen LogP contribution in [0.4, 0.5) is 0 Å². The summed E-state index contributed by atoms with van der Waals surface area (Å²) in [4.78, 5) is 21.0. The largest absolute Gasteiger partial charge is 0.286 e. The highest BCUT2D eigenvalue weighted by molar-refractivity contribution is 6.82. The molecule has 2 nitrogen and oxygen atoms in total. The van der Waals surface area contributed by atoms with Crippen molar-refractivity contribution in [2.75, 3.05) is 0 Å². The van der Waals surface area contributed by atoms with E-state index in [0.29, 0.717) is 0 Å². The van der Waals surface area contributed by atoms with E-state index < -0.39 is 15.4 Å². The molecule has 56 valence electrons.